The van der Waals surface area contributed by atoms with Crippen LogP contribution in [-0.2, 0) is 0 Å². The van der Waals surface area contributed by atoms with Gasteiger partial charge in [-0.1, -0.05) is 40.0 Å². The van der Waals surface area contributed by atoms with Crippen LogP contribution in [0.3, 0.4) is 0 Å². The molecule has 2 nitrogen and oxygen atoms in total. The van der Waals surface area contributed by atoms with E-state index < -0.39 is 0 Å². The van der Waals surface area contributed by atoms with Crippen molar-refractivity contribution in [2.75, 3.05) is 19.6 Å². The fraction of sp³-hybridized carbons (Fsp3) is 1.00. The van der Waals surface area contributed by atoms with Gasteiger partial charge < -0.3 is 10.0 Å². The molecule has 1 rings (SSSR count). The van der Waals surface area contributed by atoms with Crippen LogP contribution in [0.25, 0.3) is 0 Å². The molecule has 0 saturated heterocycles. The summed E-state index contributed by atoms with van der Waals surface area (Å²) < 4.78 is 0. The maximum absolute atomic E-state index is 10.1. The second-order valence-electron chi connectivity index (χ2n) is 5.71. The molecule has 1 saturated carbocycles. The van der Waals surface area contributed by atoms with E-state index in [0.717, 1.165) is 25.4 Å². The lowest BCUT2D eigenvalue weighted by molar-refractivity contribution is 0.0717. The van der Waals surface area contributed by atoms with Gasteiger partial charge in [-0.05, 0) is 31.2 Å². The van der Waals surface area contributed by atoms with Gasteiger partial charge in [0.25, 0.3) is 0 Å². The van der Waals surface area contributed by atoms with E-state index in [1.807, 2.05) is 0 Å². The summed E-state index contributed by atoms with van der Waals surface area (Å²) in [5.41, 5.74) is 0. The number of aliphatic hydroxyl groups excluding tert-OH is 1. The third-order valence-electron chi connectivity index (χ3n) is 3.68. The molecule has 2 atom stereocenters. The molecule has 1 aliphatic carbocycles. The third kappa shape index (κ3) is 4.84. The van der Waals surface area contributed by atoms with Crippen molar-refractivity contribution in [2.24, 2.45) is 11.8 Å². The molecule has 1 N–H and O–H groups in total. The van der Waals surface area contributed by atoms with Gasteiger partial charge in [-0.15, -0.1) is 0 Å². The van der Waals surface area contributed by atoms with Gasteiger partial charge >= 0.3 is 0 Å². The van der Waals surface area contributed by atoms with Crippen molar-refractivity contribution in [2.45, 2.75) is 59.0 Å². The van der Waals surface area contributed by atoms with Crippen LogP contribution in [0.1, 0.15) is 52.9 Å². The summed E-state index contributed by atoms with van der Waals surface area (Å²) in [5, 5.41) is 10.1. The highest BCUT2D eigenvalue weighted by molar-refractivity contribution is 4.76. The number of rotatable bonds is 5. The fourth-order valence-electron chi connectivity index (χ4n) is 2.76. The van der Waals surface area contributed by atoms with Crippen LogP contribution in [0.4, 0.5) is 0 Å². The first-order valence-corrected chi connectivity index (χ1v) is 7.04. The van der Waals surface area contributed by atoms with Crippen LogP contribution in [0, 0.1) is 11.8 Å². The molecule has 2 unspecified atom stereocenters. The maximum Gasteiger partial charge on any atom is 0.0580 e. The maximum atomic E-state index is 10.1. The quantitative estimate of drug-likeness (QED) is 0.730. The van der Waals surface area contributed by atoms with Crippen LogP contribution < -0.4 is 0 Å². The fourth-order valence-corrected chi connectivity index (χ4v) is 2.76. The van der Waals surface area contributed by atoms with Crippen LogP contribution in [0.15, 0.2) is 0 Å². The van der Waals surface area contributed by atoms with Gasteiger partial charge in [0.05, 0.1) is 6.10 Å². The molecule has 0 heterocycles. The van der Waals surface area contributed by atoms with E-state index in [1.165, 1.54) is 32.2 Å². The molecule has 0 aromatic heterocycles. The SMILES string of the molecule is CCN(CC(C)C)CC1CCCCCC1O. The van der Waals surface area contributed by atoms with Crippen molar-refractivity contribution >= 4 is 0 Å². The van der Waals surface area contributed by atoms with E-state index in [9.17, 15) is 5.11 Å². The van der Waals surface area contributed by atoms with Crippen molar-refractivity contribution in [3.63, 3.8) is 0 Å². The van der Waals surface area contributed by atoms with Crippen molar-refractivity contribution < 1.29 is 5.11 Å². The van der Waals surface area contributed by atoms with Gasteiger partial charge in [0, 0.05) is 13.1 Å². The molecule has 2 heteroatoms. The predicted molar refractivity (Wildman–Crippen MR) is 69.5 cm³/mol. The average molecular weight is 227 g/mol. The van der Waals surface area contributed by atoms with Gasteiger partial charge in [0.1, 0.15) is 0 Å². The van der Waals surface area contributed by atoms with Crippen LogP contribution in [0.2, 0.25) is 0 Å². The second kappa shape index (κ2) is 7.29. The second-order valence-corrected chi connectivity index (χ2v) is 5.71. The lowest BCUT2D eigenvalue weighted by atomic mass is 9.96. The first kappa shape index (κ1) is 14.0. The Kier molecular flexibility index (Phi) is 6.37. The summed E-state index contributed by atoms with van der Waals surface area (Å²) in [4.78, 5) is 2.50. The Balaban J connectivity index is 2.41. The topological polar surface area (TPSA) is 23.5 Å². The van der Waals surface area contributed by atoms with Crippen molar-refractivity contribution in [1.82, 2.24) is 4.90 Å². The van der Waals surface area contributed by atoms with Gasteiger partial charge in [-0.3, -0.25) is 0 Å². The molecular weight excluding hydrogens is 198 g/mol. The van der Waals surface area contributed by atoms with Crippen LogP contribution >= 0.6 is 0 Å². The number of hydrogen-bond acceptors (Lipinski definition) is 2. The van der Waals surface area contributed by atoms with Crippen LogP contribution in [0.5, 0.6) is 0 Å². The molecule has 0 bridgehead atoms. The van der Waals surface area contributed by atoms with Gasteiger partial charge in [0.15, 0.2) is 0 Å². The van der Waals surface area contributed by atoms with Crippen molar-refractivity contribution in [3.05, 3.63) is 0 Å². The zero-order valence-electron chi connectivity index (χ0n) is 11.3. The summed E-state index contributed by atoms with van der Waals surface area (Å²) in [5.74, 6) is 1.24. The number of hydrogen-bond donors (Lipinski definition) is 1. The molecule has 1 aliphatic rings. The lowest BCUT2D eigenvalue weighted by Gasteiger charge is -2.29. The van der Waals surface area contributed by atoms with E-state index in [1.54, 1.807) is 0 Å². The molecule has 1 fully saturated rings. The molecule has 0 aromatic rings. The minimum Gasteiger partial charge on any atom is -0.393 e. The first-order valence-electron chi connectivity index (χ1n) is 7.04. The molecule has 16 heavy (non-hydrogen) atoms. The Hall–Kier alpha value is -0.0800. The van der Waals surface area contributed by atoms with E-state index in [4.69, 9.17) is 0 Å². The molecule has 0 radical (unpaired) electrons. The van der Waals surface area contributed by atoms with Gasteiger partial charge in [-0.25, -0.2) is 0 Å². The highest BCUT2D eigenvalue weighted by atomic mass is 16.3. The normalized spacial score (nSPS) is 27.4. The van der Waals surface area contributed by atoms with E-state index in [-0.39, 0.29) is 6.10 Å². The van der Waals surface area contributed by atoms with Crippen molar-refractivity contribution in [3.8, 4) is 0 Å². The molecule has 0 amide bonds. The average Bonchev–Trinajstić information content (AvgIpc) is 2.42. The molecule has 0 aromatic carbocycles. The summed E-state index contributed by atoms with van der Waals surface area (Å²) in [6, 6.07) is 0. The van der Waals surface area contributed by atoms with Gasteiger partial charge in [0.2, 0.25) is 0 Å². The monoisotopic (exact) mass is 227 g/mol. The molecular formula is C14H29NO. The minimum absolute atomic E-state index is 0.0521. The van der Waals surface area contributed by atoms with Crippen LogP contribution in [-0.4, -0.2) is 35.7 Å². The predicted octanol–water partition coefficient (Wildman–Crippen LogP) is 2.91. The minimum atomic E-state index is -0.0521. The Morgan fingerprint density at radius 2 is 1.88 bits per heavy atom. The van der Waals surface area contributed by atoms with E-state index >= 15 is 0 Å². The smallest absolute Gasteiger partial charge is 0.0580 e. The molecule has 0 aliphatic heterocycles. The number of aliphatic hydroxyl groups is 1. The first-order chi connectivity index (χ1) is 7.63. The lowest BCUT2D eigenvalue weighted by Crippen LogP contribution is -2.36. The van der Waals surface area contributed by atoms with E-state index in [2.05, 4.69) is 25.7 Å². The highest BCUT2D eigenvalue weighted by Crippen LogP contribution is 2.24. The van der Waals surface area contributed by atoms with E-state index in [0.29, 0.717) is 5.92 Å². The molecule has 96 valence electrons. The molecule has 0 spiro atoms. The summed E-state index contributed by atoms with van der Waals surface area (Å²) in [6.45, 7) is 10.1. The highest BCUT2D eigenvalue weighted by Gasteiger charge is 2.23. The summed E-state index contributed by atoms with van der Waals surface area (Å²) in [7, 11) is 0. The Labute approximate surface area is 101 Å². The zero-order chi connectivity index (χ0) is 12.0. The number of nitrogens with zero attached hydrogens (tertiary/aromatic N) is 1. The largest absolute Gasteiger partial charge is 0.393 e. The Morgan fingerprint density at radius 1 is 1.19 bits per heavy atom. The summed E-state index contributed by atoms with van der Waals surface area (Å²) >= 11 is 0. The summed E-state index contributed by atoms with van der Waals surface area (Å²) in [6.07, 6.45) is 6.02. The zero-order valence-corrected chi connectivity index (χ0v) is 11.3. The Morgan fingerprint density at radius 3 is 2.50 bits per heavy atom. The van der Waals surface area contributed by atoms with Crippen molar-refractivity contribution in [1.29, 1.82) is 0 Å². The van der Waals surface area contributed by atoms with Gasteiger partial charge in [-0.2, -0.15) is 0 Å². The Bertz CT molecular complexity index is 182. The standard InChI is InChI=1S/C14H29NO/c1-4-15(10-12(2)3)11-13-8-6-5-7-9-14(13)16/h12-14,16H,4-11H2,1-3H3. The third-order valence-corrected chi connectivity index (χ3v) is 3.68.